The molecule has 0 radical (unpaired) electrons. The van der Waals surface area contributed by atoms with Gasteiger partial charge in [0.05, 0.1) is 10.0 Å². The lowest BCUT2D eigenvalue weighted by Crippen LogP contribution is -2.15. The zero-order chi connectivity index (χ0) is 10.8. The fourth-order valence-electron chi connectivity index (χ4n) is 2.07. The first kappa shape index (κ1) is 11.3. The topological polar surface area (TPSA) is 3.24 Å². The molecule has 82 valence electrons. The summed E-state index contributed by atoms with van der Waals surface area (Å²) in [4.78, 5) is 2.43. The van der Waals surface area contributed by atoms with Gasteiger partial charge in [-0.15, -0.1) is 0 Å². The highest BCUT2D eigenvalue weighted by molar-refractivity contribution is 6.41. The molecule has 0 bridgehead atoms. The molecule has 1 aromatic carbocycles. The molecule has 3 rings (SSSR count). The van der Waals surface area contributed by atoms with Crippen LogP contribution in [0.3, 0.4) is 0 Å². The molecule has 0 N–H and O–H groups in total. The molecule has 0 aromatic heterocycles. The van der Waals surface area contributed by atoms with E-state index >= 15 is 0 Å². The van der Waals surface area contributed by atoms with Gasteiger partial charge in [0.25, 0.3) is 0 Å². The Labute approximate surface area is 101 Å². The van der Waals surface area contributed by atoms with Crippen molar-refractivity contribution in [3.05, 3.63) is 34.3 Å². The summed E-state index contributed by atoms with van der Waals surface area (Å²) in [5.74, 6) is 2.23. The van der Waals surface area contributed by atoms with Crippen LogP contribution in [-0.2, 0) is 0 Å². The summed E-state index contributed by atoms with van der Waals surface area (Å²) in [7, 11) is 2.21. The summed E-state index contributed by atoms with van der Waals surface area (Å²) in [6.07, 6.45) is 1.53. The van der Waals surface area contributed by atoms with Gasteiger partial charge >= 0.3 is 0 Å². The second-order valence-corrected chi connectivity index (χ2v) is 5.21. The molecule has 0 spiro atoms. The number of piperidine rings is 1. The number of likely N-dealkylation sites (tertiary alicyclic amines) is 1. The van der Waals surface area contributed by atoms with Crippen molar-refractivity contribution in [3.8, 4) is 0 Å². The summed E-state index contributed by atoms with van der Waals surface area (Å²) in [5, 5.41) is 1.21. The van der Waals surface area contributed by atoms with Gasteiger partial charge in [-0.1, -0.05) is 35.3 Å². The first-order valence-corrected chi connectivity index (χ1v) is 6.01. The largest absolute Gasteiger partial charge is 0.306 e. The Morgan fingerprint density at radius 2 is 1.53 bits per heavy atom. The summed E-state index contributed by atoms with van der Waals surface area (Å²) in [6.45, 7) is 2.76. The zero-order valence-corrected chi connectivity index (χ0v) is 10.3. The molecule has 0 amide bonds. The Bertz CT molecular complexity index is 309. The van der Waals surface area contributed by atoms with Crippen LogP contribution in [0, 0.1) is 11.8 Å². The fraction of sp³-hybridized carbons (Fsp3) is 0.500. The standard InChI is InChI=1S/C6H4Cl2.C6H11N/c7-5-3-1-2-4-6(5)8;1-7-3-5-2-6(5)4-7/h1-4H;5-6H,2-4H2,1H3. The lowest BCUT2D eigenvalue weighted by atomic mass is 10.4. The SMILES string of the molecule is CN1CC2CC2C1.Clc1ccccc1Cl. The quantitative estimate of drug-likeness (QED) is 0.674. The molecule has 2 unspecified atom stereocenters. The number of hydrogen-bond donors (Lipinski definition) is 0. The molecule has 2 aliphatic rings. The predicted molar refractivity (Wildman–Crippen MR) is 65.6 cm³/mol. The minimum Gasteiger partial charge on any atom is -0.306 e. The minimum atomic E-state index is 0.606. The van der Waals surface area contributed by atoms with Gasteiger partial charge < -0.3 is 4.90 Å². The average molecular weight is 244 g/mol. The van der Waals surface area contributed by atoms with Crippen LogP contribution in [-0.4, -0.2) is 25.0 Å². The van der Waals surface area contributed by atoms with E-state index in [2.05, 4.69) is 11.9 Å². The number of halogens is 2. The van der Waals surface area contributed by atoms with Crippen LogP contribution < -0.4 is 0 Å². The smallest absolute Gasteiger partial charge is 0.0592 e. The Morgan fingerprint density at radius 1 is 1.07 bits per heavy atom. The highest BCUT2D eigenvalue weighted by Crippen LogP contribution is 2.43. The summed E-state index contributed by atoms with van der Waals surface area (Å²) >= 11 is 11.2. The van der Waals surface area contributed by atoms with Gasteiger partial charge in [-0.3, -0.25) is 0 Å². The molecule has 2 fully saturated rings. The Kier molecular flexibility index (Phi) is 3.55. The Balaban J connectivity index is 0.000000114. The number of benzene rings is 1. The van der Waals surface area contributed by atoms with E-state index in [0.717, 1.165) is 11.8 Å². The normalized spacial score (nSPS) is 27.9. The van der Waals surface area contributed by atoms with Gasteiger partial charge in [0.1, 0.15) is 0 Å². The van der Waals surface area contributed by atoms with Crippen LogP contribution in [0.2, 0.25) is 10.0 Å². The molecule has 1 aliphatic heterocycles. The van der Waals surface area contributed by atoms with Crippen LogP contribution in [0.5, 0.6) is 0 Å². The maximum atomic E-state index is 5.58. The van der Waals surface area contributed by atoms with Crippen LogP contribution in [0.1, 0.15) is 6.42 Å². The van der Waals surface area contributed by atoms with Crippen molar-refractivity contribution < 1.29 is 0 Å². The van der Waals surface area contributed by atoms with E-state index in [9.17, 15) is 0 Å². The maximum Gasteiger partial charge on any atom is 0.0592 e. The van der Waals surface area contributed by atoms with E-state index in [4.69, 9.17) is 23.2 Å². The molecule has 3 heteroatoms. The van der Waals surface area contributed by atoms with E-state index in [1.54, 1.807) is 12.1 Å². The Morgan fingerprint density at radius 3 is 1.80 bits per heavy atom. The maximum absolute atomic E-state index is 5.58. The summed E-state index contributed by atoms with van der Waals surface area (Å²) < 4.78 is 0. The number of hydrogen-bond acceptors (Lipinski definition) is 1. The molecule has 1 aliphatic carbocycles. The van der Waals surface area contributed by atoms with Crippen LogP contribution in [0.15, 0.2) is 24.3 Å². The number of fused-ring (bicyclic) bond motifs is 1. The van der Waals surface area contributed by atoms with E-state index in [1.807, 2.05) is 12.1 Å². The molecule has 1 heterocycles. The predicted octanol–water partition coefficient (Wildman–Crippen LogP) is 3.56. The number of rotatable bonds is 0. The molecule has 15 heavy (non-hydrogen) atoms. The zero-order valence-electron chi connectivity index (χ0n) is 8.79. The van der Waals surface area contributed by atoms with E-state index < -0.39 is 0 Å². The second kappa shape index (κ2) is 4.73. The minimum absolute atomic E-state index is 0.606. The summed E-state index contributed by atoms with van der Waals surface area (Å²) in [6, 6.07) is 7.19. The first-order valence-electron chi connectivity index (χ1n) is 5.25. The average Bonchev–Trinajstić information content (AvgIpc) is 2.81. The molecule has 1 saturated heterocycles. The van der Waals surface area contributed by atoms with Crippen molar-refractivity contribution in [3.63, 3.8) is 0 Å². The monoisotopic (exact) mass is 243 g/mol. The van der Waals surface area contributed by atoms with Gasteiger partial charge in [0.2, 0.25) is 0 Å². The van der Waals surface area contributed by atoms with Gasteiger partial charge in [-0.2, -0.15) is 0 Å². The van der Waals surface area contributed by atoms with Crippen LogP contribution in [0.4, 0.5) is 0 Å². The van der Waals surface area contributed by atoms with Gasteiger partial charge in [0.15, 0.2) is 0 Å². The lowest BCUT2D eigenvalue weighted by Gasteiger charge is -2.06. The van der Waals surface area contributed by atoms with Crippen LogP contribution in [0.25, 0.3) is 0 Å². The third-order valence-corrected chi connectivity index (χ3v) is 3.74. The highest BCUT2D eigenvalue weighted by Gasteiger charge is 2.43. The van der Waals surface area contributed by atoms with Crippen molar-refractivity contribution in [1.82, 2.24) is 4.90 Å². The van der Waals surface area contributed by atoms with Crippen molar-refractivity contribution in [2.24, 2.45) is 11.8 Å². The molecular formula is C12H15Cl2N. The molecule has 1 nitrogen and oxygen atoms in total. The summed E-state index contributed by atoms with van der Waals surface area (Å²) in [5.41, 5.74) is 0. The lowest BCUT2D eigenvalue weighted by molar-refractivity contribution is 0.373. The van der Waals surface area contributed by atoms with Crippen molar-refractivity contribution in [2.75, 3.05) is 20.1 Å². The molecule has 1 saturated carbocycles. The van der Waals surface area contributed by atoms with Gasteiger partial charge in [0, 0.05) is 13.1 Å². The van der Waals surface area contributed by atoms with Gasteiger partial charge in [-0.25, -0.2) is 0 Å². The molecular weight excluding hydrogens is 229 g/mol. The van der Waals surface area contributed by atoms with E-state index in [-0.39, 0.29) is 0 Å². The highest BCUT2D eigenvalue weighted by atomic mass is 35.5. The van der Waals surface area contributed by atoms with E-state index in [0.29, 0.717) is 10.0 Å². The molecule has 2 atom stereocenters. The van der Waals surface area contributed by atoms with Crippen molar-refractivity contribution >= 4 is 23.2 Å². The van der Waals surface area contributed by atoms with Crippen molar-refractivity contribution in [2.45, 2.75) is 6.42 Å². The third-order valence-electron chi connectivity index (χ3n) is 2.99. The number of nitrogens with zero attached hydrogens (tertiary/aromatic N) is 1. The Hall–Kier alpha value is -0.240. The van der Waals surface area contributed by atoms with Crippen molar-refractivity contribution in [1.29, 1.82) is 0 Å². The fourth-order valence-corrected chi connectivity index (χ4v) is 2.34. The molecule has 1 aromatic rings. The first-order chi connectivity index (χ1) is 7.16. The van der Waals surface area contributed by atoms with Gasteiger partial charge in [-0.05, 0) is 37.4 Å². The third kappa shape index (κ3) is 3.10. The van der Waals surface area contributed by atoms with Crippen LogP contribution >= 0.6 is 23.2 Å². The van der Waals surface area contributed by atoms with E-state index in [1.165, 1.54) is 19.5 Å². The second-order valence-electron chi connectivity index (χ2n) is 4.39.